The number of allylic oxidation sites excluding steroid dienone is 2. The van der Waals surface area contributed by atoms with E-state index in [4.69, 9.17) is 0 Å². The number of nitrogens with one attached hydrogen (secondary N) is 2. The SMILES string of the molecule is O=C(NN=C[C@H]1C[C@H]2C=C[C@H]1C2)c1ccc(NC(=O)c2ccccc2)cc1. The van der Waals surface area contributed by atoms with Crippen LogP contribution in [0, 0.1) is 17.8 Å². The lowest BCUT2D eigenvalue weighted by atomic mass is 9.95. The summed E-state index contributed by atoms with van der Waals surface area (Å²) in [5, 5.41) is 6.94. The van der Waals surface area contributed by atoms with Crippen LogP contribution in [-0.4, -0.2) is 18.0 Å². The number of nitrogens with zero attached hydrogens (tertiary/aromatic N) is 1. The summed E-state index contributed by atoms with van der Waals surface area (Å²) in [5.41, 5.74) is 4.31. The van der Waals surface area contributed by atoms with Gasteiger partial charge in [0.05, 0.1) is 0 Å². The van der Waals surface area contributed by atoms with Gasteiger partial charge in [-0.25, -0.2) is 5.43 Å². The standard InChI is InChI=1S/C22H21N3O2/c26-21(16-4-2-1-3-5-16)24-20-10-8-17(9-11-20)22(27)25-23-14-19-13-15-6-7-18(19)12-15/h1-11,14-15,18-19H,12-13H2,(H,24,26)(H,25,27)/t15-,18-,19+/m0/s1. The summed E-state index contributed by atoms with van der Waals surface area (Å²) >= 11 is 0. The van der Waals surface area contributed by atoms with Crippen LogP contribution in [0.3, 0.4) is 0 Å². The summed E-state index contributed by atoms with van der Waals surface area (Å²) in [4.78, 5) is 24.3. The quantitative estimate of drug-likeness (QED) is 0.483. The van der Waals surface area contributed by atoms with E-state index in [9.17, 15) is 9.59 Å². The van der Waals surface area contributed by atoms with E-state index in [1.54, 1.807) is 36.4 Å². The number of rotatable bonds is 5. The molecule has 2 bridgehead atoms. The molecule has 27 heavy (non-hydrogen) atoms. The third kappa shape index (κ3) is 3.97. The summed E-state index contributed by atoms with van der Waals surface area (Å²) in [6.45, 7) is 0. The van der Waals surface area contributed by atoms with Crippen molar-refractivity contribution < 1.29 is 9.59 Å². The Morgan fingerprint density at radius 1 is 0.889 bits per heavy atom. The number of carbonyl (C=O) groups is 2. The highest BCUT2D eigenvalue weighted by Gasteiger charge is 2.34. The third-order valence-corrected chi connectivity index (χ3v) is 5.20. The molecular weight excluding hydrogens is 338 g/mol. The molecule has 0 heterocycles. The lowest BCUT2D eigenvalue weighted by Gasteiger charge is -2.12. The van der Waals surface area contributed by atoms with Gasteiger partial charge in [-0.15, -0.1) is 0 Å². The normalized spacial score (nSPS) is 22.9. The molecule has 136 valence electrons. The van der Waals surface area contributed by atoms with Gasteiger partial charge in [0.2, 0.25) is 0 Å². The maximum absolute atomic E-state index is 12.2. The molecule has 1 saturated carbocycles. The first-order valence-electron chi connectivity index (χ1n) is 9.17. The van der Waals surface area contributed by atoms with Crippen LogP contribution in [0.5, 0.6) is 0 Å². The van der Waals surface area contributed by atoms with Crippen LogP contribution in [0.4, 0.5) is 5.69 Å². The van der Waals surface area contributed by atoms with Gasteiger partial charge in [-0.2, -0.15) is 5.10 Å². The number of amides is 2. The Morgan fingerprint density at radius 2 is 1.63 bits per heavy atom. The minimum Gasteiger partial charge on any atom is -0.322 e. The van der Waals surface area contributed by atoms with Gasteiger partial charge in [-0.1, -0.05) is 30.4 Å². The van der Waals surface area contributed by atoms with E-state index in [1.807, 2.05) is 24.4 Å². The van der Waals surface area contributed by atoms with Gasteiger partial charge >= 0.3 is 0 Å². The molecule has 0 radical (unpaired) electrons. The van der Waals surface area contributed by atoms with Crippen molar-refractivity contribution in [2.24, 2.45) is 22.9 Å². The van der Waals surface area contributed by atoms with E-state index in [0.29, 0.717) is 34.6 Å². The lowest BCUT2D eigenvalue weighted by molar-refractivity contribution is 0.0954. The van der Waals surface area contributed by atoms with Crippen molar-refractivity contribution in [3.05, 3.63) is 77.9 Å². The second-order valence-electron chi connectivity index (χ2n) is 7.06. The monoisotopic (exact) mass is 359 g/mol. The molecule has 0 aromatic heterocycles. The fourth-order valence-corrected chi connectivity index (χ4v) is 3.75. The topological polar surface area (TPSA) is 70.6 Å². The van der Waals surface area contributed by atoms with Crippen LogP contribution < -0.4 is 10.7 Å². The number of fused-ring (bicyclic) bond motifs is 2. The van der Waals surface area contributed by atoms with E-state index in [2.05, 4.69) is 28.0 Å². The highest BCUT2D eigenvalue weighted by atomic mass is 16.2. The van der Waals surface area contributed by atoms with Gasteiger partial charge in [0.1, 0.15) is 0 Å². The summed E-state index contributed by atoms with van der Waals surface area (Å²) in [7, 11) is 0. The number of hydrogen-bond acceptors (Lipinski definition) is 3. The zero-order chi connectivity index (χ0) is 18.6. The van der Waals surface area contributed by atoms with Gasteiger partial charge in [0, 0.05) is 28.9 Å². The molecule has 5 heteroatoms. The Morgan fingerprint density at radius 3 is 2.30 bits per heavy atom. The van der Waals surface area contributed by atoms with Gasteiger partial charge < -0.3 is 5.32 Å². The highest BCUT2D eigenvalue weighted by Crippen LogP contribution is 2.42. The van der Waals surface area contributed by atoms with E-state index in [0.717, 1.165) is 6.42 Å². The fourth-order valence-electron chi connectivity index (χ4n) is 3.75. The Balaban J connectivity index is 1.31. The maximum atomic E-state index is 12.2. The number of benzene rings is 2. The Labute approximate surface area is 158 Å². The van der Waals surface area contributed by atoms with Gasteiger partial charge in [-0.3, -0.25) is 9.59 Å². The minimum absolute atomic E-state index is 0.183. The van der Waals surface area contributed by atoms with Crippen LogP contribution in [-0.2, 0) is 0 Å². The summed E-state index contributed by atoms with van der Waals surface area (Å²) < 4.78 is 0. The average molecular weight is 359 g/mol. The number of hydrazone groups is 1. The molecule has 3 atom stereocenters. The van der Waals surface area contributed by atoms with E-state index < -0.39 is 0 Å². The molecule has 2 aromatic carbocycles. The van der Waals surface area contributed by atoms with Gasteiger partial charge in [0.25, 0.3) is 11.8 Å². The molecule has 4 rings (SSSR count). The summed E-state index contributed by atoms with van der Waals surface area (Å²) in [6.07, 6.45) is 8.73. The van der Waals surface area contributed by atoms with Crippen LogP contribution >= 0.6 is 0 Å². The van der Waals surface area contributed by atoms with Crippen LogP contribution in [0.2, 0.25) is 0 Å². The molecule has 0 unspecified atom stereocenters. The van der Waals surface area contributed by atoms with Crippen molar-refractivity contribution in [2.75, 3.05) is 5.32 Å². The first-order valence-corrected chi connectivity index (χ1v) is 9.17. The molecular formula is C22H21N3O2. The van der Waals surface area contributed by atoms with Crippen molar-refractivity contribution in [2.45, 2.75) is 12.8 Å². The molecule has 5 nitrogen and oxygen atoms in total. The van der Waals surface area contributed by atoms with Crippen molar-refractivity contribution in [1.29, 1.82) is 0 Å². The summed E-state index contributed by atoms with van der Waals surface area (Å²) in [6, 6.07) is 15.8. The smallest absolute Gasteiger partial charge is 0.271 e. The van der Waals surface area contributed by atoms with Gasteiger partial charge in [0.15, 0.2) is 0 Å². The second-order valence-corrected chi connectivity index (χ2v) is 7.06. The second kappa shape index (κ2) is 7.58. The van der Waals surface area contributed by atoms with Crippen LogP contribution in [0.1, 0.15) is 33.6 Å². The fraction of sp³-hybridized carbons (Fsp3) is 0.227. The van der Waals surface area contributed by atoms with Crippen molar-refractivity contribution >= 4 is 23.7 Å². The number of anilines is 1. The van der Waals surface area contributed by atoms with Crippen molar-refractivity contribution in [1.82, 2.24) is 5.43 Å². The molecule has 0 saturated heterocycles. The predicted octanol–water partition coefficient (Wildman–Crippen LogP) is 3.87. The summed E-state index contributed by atoms with van der Waals surface area (Å²) in [5.74, 6) is 1.24. The molecule has 0 aliphatic heterocycles. The molecule has 2 N–H and O–H groups in total. The van der Waals surface area contributed by atoms with E-state index in [-0.39, 0.29) is 11.8 Å². The zero-order valence-electron chi connectivity index (χ0n) is 14.8. The maximum Gasteiger partial charge on any atom is 0.271 e. The molecule has 2 aliphatic carbocycles. The lowest BCUT2D eigenvalue weighted by Crippen LogP contribution is -2.19. The van der Waals surface area contributed by atoms with E-state index >= 15 is 0 Å². The largest absolute Gasteiger partial charge is 0.322 e. The van der Waals surface area contributed by atoms with Crippen LogP contribution in [0.25, 0.3) is 0 Å². The molecule has 2 aromatic rings. The molecule has 2 amide bonds. The average Bonchev–Trinajstić information content (AvgIpc) is 3.32. The Kier molecular flexibility index (Phi) is 4.83. The first kappa shape index (κ1) is 17.2. The number of hydrogen-bond donors (Lipinski definition) is 2. The Bertz CT molecular complexity index is 888. The van der Waals surface area contributed by atoms with E-state index in [1.165, 1.54) is 6.42 Å². The van der Waals surface area contributed by atoms with Crippen molar-refractivity contribution in [3.63, 3.8) is 0 Å². The van der Waals surface area contributed by atoms with Crippen LogP contribution in [0.15, 0.2) is 71.9 Å². The molecule has 0 spiro atoms. The first-order chi connectivity index (χ1) is 13.2. The number of carbonyl (C=O) groups excluding carboxylic acids is 2. The zero-order valence-corrected chi connectivity index (χ0v) is 14.8. The minimum atomic E-state index is -0.258. The highest BCUT2D eigenvalue weighted by molar-refractivity contribution is 6.04. The Hall–Kier alpha value is -3.21. The third-order valence-electron chi connectivity index (χ3n) is 5.20. The molecule has 1 fully saturated rings. The molecule has 2 aliphatic rings. The van der Waals surface area contributed by atoms with Gasteiger partial charge in [-0.05, 0) is 61.1 Å². The van der Waals surface area contributed by atoms with Crippen molar-refractivity contribution in [3.8, 4) is 0 Å². The predicted molar refractivity (Wildman–Crippen MR) is 106 cm³/mol.